The maximum atomic E-state index is 11.3. The van der Waals surface area contributed by atoms with E-state index in [1.165, 1.54) is 0 Å². The van der Waals surface area contributed by atoms with Gasteiger partial charge in [0.25, 0.3) is 0 Å². The fraction of sp³-hybridized carbons (Fsp3) is 0.0769. The number of benzene rings is 1. The highest BCUT2D eigenvalue weighted by atomic mass is 16.1. The highest BCUT2D eigenvalue weighted by Crippen LogP contribution is 2.27. The van der Waals surface area contributed by atoms with Gasteiger partial charge in [-0.25, -0.2) is 9.97 Å². The highest BCUT2D eigenvalue weighted by molar-refractivity contribution is 5.99. The Morgan fingerprint density at radius 3 is 3.06 bits per heavy atom. The summed E-state index contributed by atoms with van der Waals surface area (Å²) in [5.41, 5.74) is 3.36. The summed E-state index contributed by atoms with van der Waals surface area (Å²) < 4.78 is 0. The van der Waals surface area contributed by atoms with Gasteiger partial charge < -0.3 is 5.32 Å². The van der Waals surface area contributed by atoms with Crippen LogP contribution in [-0.4, -0.2) is 15.9 Å². The fourth-order valence-electron chi connectivity index (χ4n) is 1.96. The van der Waals surface area contributed by atoms with E-state index >= 15 is 0 Å². The molecule has 0 saturated heterocycles. The Bertz CT molecular complexity index is 688. The Morgan fingerprint density at radius 1 is 1.33 bits per heavy atom. The molecule has 18 heavy (non-hydrogen) atoms. The van der Waals surface area contributed by atoms with Crippen LogP contribution >= 0.6 is 0 Å². The predicted octanol–water partition coefficient (Wildman–Crippen LogP) is 1.51. The van der Waals surface area contributed by atoms with Gasteiger partial charge in [-0.15, -0.1) is 0 Å². The standard InChI is InChI=1S/C13H8N4O/c14-7-12-15-4-3-11(16-12)8-1-2-10-9(5-8)6-13(18)17-10/h1-5H,6H2,(H,17,18). The fourth-order valence-corrected chi connectivity index (χ4v) is 1.96. The summed E-state index contributed by atoms with van der Waals surface area (Å²) in [5.74, 6) is 0.143. The molecule has 2 aromatic rings. The number of fused-ring (bicyclic) bond motifs is 1. The van der Waals surface area contributed by atoms with E-state index in [0.29, 0.717) is 12.1 Å². The second-order valence-corrected chi connectivity index (χ2v) is 3.97. The molecule has 0 unspecified atom stereocenters. The summed E-state index contributed by atoms with van der Waals surface area (Å²) in [6.45, 7) is 0. The predicted molar refractivity (Wildman–Crippen MR) is 64.5 cm³/mol. The summed E-state index contributed by atoms with van der Waals surface area (Å²) in [5, 5.41) is 11.5. The lowest BCUT2D eigenvalue weighted by molar-refractivity contribution is -0.115. The molecule has 0 aliphatic carbocycles. The number of aromatic nitrogens is 2. The molecule has 5 nitrogen and oxygen atoms in total. The Hall–Kier alpha value is -2.74. The molecule has 0 atom stereocenters. The van der Waals surface area contributed by atoms with Crippen molar-refractivity contribution in [2.75, 3.05) is 5.32 Å². The van der Waals surface area contributed by atoms with E-state index in [1.807, 2.05) is 24.3 Å². The van der Waals surface area contributed by atoms with Gasteiger partial charge in [-0.2, -0.15) is 5.26 Å². The van der Waals surface area contributed by atoms with E-state index in [2.05, 4.69) is 15.3 Å². The number of carbonyl (C=O) groups is 1. The number of hydrogen-bond acceptors (Lipinski definition) is 4. The zero-order valence-electron chi connectivity index (χ0n) is 9.34. The molecule has 3 rings (SSSR count). The second kappa shape index (κ2) is 3.93. The lowest BCUT2D eigenvalue weighted by atomic mass is 10.1. The minimum atomic E-state index is 0.00236. The molecule has 0 radical (unpaired) electrons. The first kappa shape index (κ1) is 10.4. The van der Waals surface area contributed by atoms with E-state index in [1.54, 1.807) is 12.3 Å². The van der Waals surface area contributed by atoms with Crippen LogP contribution in [0.1, 0.15) is 11.4 Å². The van der Waals surface area contributed by atoms with Crippen molar-refractivity contribution < 1.29 is 4.79 Å². The third-order valence-electron chi connectivity index (χ3n) is 2.78. The number of nitrogens with one attached hydrogen (secondary N) is 1. The summed E-state index contributed by atoms with van der Waals surface area (Å²) in [4.78, 5) is 19.2. The number of nitriles is 1. The Labute approximate surface area is 103 Å². The quantitative estimate of drug-likeness (QED) is 0.813. The second-order valence-electron chi connectivity index (χ2n) is 3.97. The van der Waals surface area contributed by atoms with Crippen LogP contribution in [0.4, 0.5) is 5.69 Å². The number of nitrogens with zero attached hydrogens (tertiary/aromatic N) is 3. The van der Waals surface area contributed by atoms with Crippen LogP contribution < -0.4 is 5.32 Å². The summed E-state index contributed by atoms with van der Waals surface area (Å²) >= 11 is 0. The zero-order chi connectivity index (χ0) is 12.5. The van der Waals surface area contributed by atoms with Gasteiger partial charge in [0.05, 0.1) is 12.1 Å². The highest BCUT2D eigenvalue weighted by Gasteiger charge is 2.17. The molecule has 1 aromatic carbocycles. The molecular formula is C13H8N4O. The molecule has 1 amide bonds. The molecule has 1 aliphatic heterocycles. The summed E-state index contributed by atoms with van der Waals surface area (Å²) in [7, 11) is 0. The van der Waals surface area contributed by atoms with Crippen molar-refractivity contribution >= 4 is 11.6 Å². The van der Waals surface area contributed by atoms with Crippen LogP contribution in [0.15, 0.2) is 30.5 Å². The van der Waals surface area contributed by atoms with Crippen LogP contribution in [0.2, 0.25) is 0 Å². The van der Waals surface area contributed by atoms with Gasteiger partial charge in [0.2, 0.25) is 11.7 Å². The molecule has 86 valence electrons. The average molecular weight is 236 g/mol. The molecule has 1 N–H and O–H groups in total. The Kier molecular flexibility index (Phi) is 2.27. The van der Waals surface area contributed by atoms with E-state index in [4.69, 9.17) is 5.26 Å². The smallest absolute Gasteiger partial charge is 0.232 e. The molecule has 0 spiro atoms. The van der Waals surface area contributed by atoms with Crippen LogP contribution in [0.5, 0.6) is 0 Å². The molecule has 0 fully saturated rings. The van der Waals surface area contributed by atoms with Gasteiger partial charge in [0, 0.05) is 17.4 Å². The van der Waals surface area contributed by atoms with Crippen LogP contribution in [-0.2, 0) is 11.2 Å². The monoisotopic (exact) mass is 236 g/mol. The van der Waals surface area contributed by atoms with Crippen LogP contribution in [0.3, 0.4) is 0 Å². The lowest BCUT2D eigenvalue weighted by Gasteiger charge is -2.03. The van der Waals surface area contributed by atoms with E-state index < -0.39 is 0 Å². The molecule has 0 saturated carbocycles. The van der Waals surface area contributed by atoms with Gasteiger partial charge in [-0.3, -0.25) is 4.79 Å². The lowest BCUT2D eigenvalue weighted by Crippen LogP contribution is -2.03. The zero-order valence-corrected chi connectivity index (χ0v) is 9.34. The molecule has 5 heteroatoms. The van der Waals surface area contributed by atoms with Gasteiger partial charge in [-0.05, 0) is 23.8 Å². The van der Waals surface area contributed by atoms with Gasteiger partial charge in [0.15, 0.2) is 0 Å². The normalized spacial score (nSPS) is 12.7. The molecule has 2 heterocycles. The van der Waals surface area contributed by atoms with E-state index in [9.17, 15) is 4.79 Å². The molecule has 1 aromatic heterocycles. The Balaban J connectivity index is 2.06. The van der Waals surface area contributed by atoms with E-state index in [-0.39, 0.29) is 11.7 Å². The van der Waals surface area contributed by atoms with Crippen molar-refractivity contribution in [3.8, 4) is 17.3 Å². The first-order chi connectivity index (χ1) is 8.76. The number of rotatable bonds is 1. The van der Waals surface area contributed by atoms with Crippen molar-refractivity contribution in [1.29, 1.82) is 5.26 Å². The summed E-state index contributed by atoms with van der Waals surface area (Å²) in [6, 6.07) is 9.28. The molecule has 1 aliphatic rings. The third-order valence-corrected chi connectivity index (χ3v) is 2.78. The minimum Gasteiger partial charge on any atom is -0.326 e. The Morgan fingerprint density at radius 2 is 2.22 bits per heavy atom. The largest absolute Gasteiger partial charge is 0.326 e. The van der Waals surface area contributed by atoms with Crippen molar-refractivity contribution in [3.05, 3.63) is 41.9 Å². The van der Waals surface area contributed by atoms with E-state index in [0.717, 1.165) is 16.8 Å². The first-order valence-electron chi connectivity index (χ1n) is 5.42. The number of anilines is 1. The van der Waals surface area contributed by atoms with Gasteiger partial charge >= 0.3 is 0 Å². The first-order valence-corrected chi connectivity index (χ1v) is 5.42. The summed E-state index contributed by atoms with van der Waals surface area (Å²) in [6.07, 6.45) is 1.94. The molecule has 0 bridgehead atoms. The number of carbonyl (C=O) groups excluding carboxylic acids is 1. The van der Waals surface area contributed by atoms with Crippen molar-refractivity contribution in [2.45, 2.75) is 6.42 Å². The number of amides is 1. The topological polar surface area (TPSA) is 78.7 Å². The third kappa shape index (κ3) is 1.70. The SMILES string of the molecule is N#Cc1nccc(-c2ccc3c(c2)CC(=O)N3)n1. The maximum absolute atomic E-state index is 11.3. The van der Waals surface area contributed by atoms with Gasteiger partial charge in [-0.1, -0.05) is 6.07 Å². The van der Waals surface area contributed by atoms with Gasteiger partial charge in [0.1, 0.15) is 6.07 Å². The minimum absolute atomic E-state index is 0.00236. The van der Waals surface area contributed by atoms with Crippen molar-refractivity contribution in [3.63, 3.8) is 0 Å². The van der Waals surface area contributed by atoms with Crippen molar-refractivity contribution in [1.82, 2.24) is 9.97 Å². The molecular weight excluding hydrogens is 228 g/mol. The maximum Gasteiger partial charge on any atom is 0.232 e. The van der Waals surface area contributed by atoms with Crippen molar-refractivity contribution in [2.24, 2.45) is 0 Å². The average Bonchev–Trinajstić information content (AvgIpc) is 2.77. The van der Waals surface area contributed by atoms with Crippen LogP contribution in [0.25, 0.3) is 11.3 Å². The van der Waals surface area contributed by atoms with Crippen LogP contribution in [0, 0.1) is 11.3 Å². The number of hydrogen-bond donors (Lipinski definition) is 1.